The Bertz CT molecular complexity index is 817. The molecule has 0 unspecified atom stereocenters. The molecule has 0 aliphatic carbocycles. The molecule has 0 aliphatic rings. The van der Waals surface area contributed by atoms with Crippen LogP contribution in [0.25, 0.3) is 0 Å². The predicted octanol–water partition coefficient (Wildman–Crippen LogP) is 3.95. The second kappa shape index (κ2) is 6.27. The first-order valence-corrected chi connectivity index (χ1v) is 7.13. The number of hydrogen-bond acceptors (Lipinski definition) is 4. The highest BCUT2D eigenvalue weighted by Gasteiger charge is 2.17. The summed E-state index contributed by atoms with van der Waals surface area (Å²) in [5.41, 5.74) is 2.99. The number of hydrogen-bond donors (Lipinski definition) is 1. The minimum atomic E-state index is -1.04. The normalized spacial score (nSPS) is 10.3. The smallest absolute Gasteiger partial charge is 0.338 e. The summed E-state index contributed by atoms with van der Waals surface area (Å²) in [5.74, 6) is -0.616. The lowest BCUT2D eigenvalue weighted by molar-refractivity contribution is 0.0696. The Balaban J connectivity index is 2.13. The first-order valence-electron chi connectivity index (χ1n) is 7.13. The van der Waals surface area contributed by atoms with Crippen LogP contribution < -0.4 is 4.90 Å². The maximum Gasteiger partial charge on any atom is 0.338 e. The van der Waals surface area contributed by atoms with Gasteiger partial charge in [0.05, 0.1) is 11.3 Å². The van der Waals surface area contributed by atoms with Gasteiger partial charge >= 0.3 is 5.97 Å². The van der Waals surface area contributed by atoms with E-state index in [0.29, 0.717) is 5.95 Å². The van der Waals surface area contributed by atoms with Crippen molar-refractivity contribution in [1.29, 1.82) is 0 Å². The topological polar surface area (TPSA) is 66.3 Å². The van der Waals surface area contributed by atoms with Crippen molar-refractivity contribution in [3.05, 3.63) is 78.1 Å². The van der Waals surface area contributed by atoms with Gasteiger partial charge in [0.15, 0.2) is 0 Å². The fourth-order valence-corrected chi connectivity index (χ4v) is 2.30. The predicted molar refractivity (Wildman–Crippen MR) is 88.4 cm³/mol. The molecule has 0 spiro atoms. The minimum Gasteiger partial charge on any atom is -0.478 e. The molecule has 1 heterocycles. The van der Waals surface area contributed by atoms with Gasteiger partial charge in [-0.2, -0.15) is 0 Å². The number of carboxylic acids is 1. The molecule has 114 valence electrons. The lowest BCUT2D eigenvalue weighted by Crippen LogP contribution is -2.15. The van der Waals surface area contributed by atoms with E-state index >= 15 is 0 Å². The molecule has 3 rings (SSSR count). The van der Waals surface area contributed by atoms with E-state index in [4.69, 9.17) is 5.11 Å². The summed E-state index contributed by atoms with van der Waals surface area (Å²) in [6.45, 7) is 2.01. The van der Waals surface area contributed by atoms with Crippen molar-refractivity contribution in [3.63, 3.8) is 0 Å². The SMILES string of the molecule is Cc1ccccc1N(c1ccccc1)c1ncc(C(=O)O)cn1. The van der Waals surface area contributed by atoms with Crippen LogP contribution in [0.2, 0.25) is 0 Å². The Labute approximate surface area is 133 Å². The van der Waals surface area contributed by atoms with E-state index in [1.165, 1.54) is 12.4 Å². The van der Waals surface area contributed by atoms with Gasteiger partial charge in [-0.05, 0) is 30.7 Å². The van der Waals surface area contributed by atoms with E-state index in [1.54, 1.807) is 0 Å². The van der Waals surface area contributed by atoms with E-state index in [1.807, 2.05) is 66.4 Å². The average molecular weight is 305 g/mol. The van der Waals surface area contributed by atoms with Gasteiger partial charge in [-0.3, -0.25) is 4.90 Å². The second-order valence-corrected chi connectivity index (χ2v) is 5.03. The Hall–Kier alpha value is -3.21. The number of rotatable bonds is 4. The number of anilines is 3. The van der Waals surface area contributed by atoms with E-state index in [9.17, 15) is 4.79 Å². The number of carboxylic acid groups (broad SMARTS) is 1. The maximum absolute atomic E-state index is 11.0. The first-order chi connectivity index (χ1) is 11.2. The van der Waals surface area contributed by atoms with Gasteiger partial charge in [0.2, 0.25) is 5.95 Å². The third kappa shape index (κ3) is 3.03. The second-order valence-electron chi connectivity index (χ2n) is 5.03. The minimum absolute atomic E-state index is 0.0616. The maximum atomic E-state index is 11.0. The number of aromatic carboxylic acids is 1. The fourth-order valence-electron chi connectivity index (χ4n) is 2.30. The summed E-state index contributed by atoms with van der Waals surface area (Å²) in [6.07, 6.45) is 2.64. The average Bonchev–Trinajstić information content (AvgIpc) is 2.58. The van der Waals surface area contributed by atoms with E-state index in [0.717, 1.165) is 16.9 Å². The first kappa shape index (κ1) is 14.7. The number of para-hydroxylation sites is 2. The molecule has 5 nitrogen and oxygen atoms in total. The number of nitrogens with zero attached hydrogens (tertiary/aromatic N) is 3. The molecule has 3 aromatic rings. The molecule has 0 saturated heterocycles. The zero-order valence-corrected chi connectivity index (χ0v) is 12.5. The zero-order chi connectivity index (χ0) is 16.2. The van der Waals surface area contributed by atoms with Crippen LogP contribution in [-0.2, 0) is 0 Å². The summed E-state index contributed by atoms with van der Waals surface area (Å²) >= 11 is 0. The highest BCUT2D eigenvalue weighted by Crippen LogP contribution is 2.33. The number of carbonyl (C=O) groups is 1. The fraction of sp³-hybridized carbons (Fsp3) is 0.0556. The third-order valence-corrected chi connectivity index (χ3v) is 3.46. The van der Waals surface area contributed by atoms with Crippen LogP contribution in [0.15, 0.2) is 67.0 Å². The molecule has 2 aromatic carbocycles. The molecular weight excluding hydrogens is 290 g/mol. The summed E-state index contributed by atoms with van der Waals surface area (Å²) in [7, 11) is 0. The third-order valence-electron chi connectivity index (χ3n) is 3.46. The van der Waals surface area contributed by atoms with Gasteiger partial charge in [0, 0.05) is 18.1 Å². The van der Waals surface area contributed by atoms with Crippen molar-refractivity contribution in [1.82, 2.24) is 9.97 Å². The van der Waals surface area contributed by atoms with E-state index in [2.05, 4.69) is 9.97 Å². The molecule has 1 N–H and O–H groups in total. The highest BCUT2D eigenvalue weighted by molar-refractivity contribution is 5.87. The van der Waals surface area contributed by atoms with Crippen molar-refractivity contribution in [3.8, 4) is 0 Å². The Morgan fingerprint density at radius 1 is 0.957 bits per heavy atom. The van der Waals surface area contributed by atoms with Crippen molar-refractivity contribution in [2.45, 2.75) is 6.92 Å². The van der Waals surface area contributed by atoms with E-state index < -0.39 is 5.97 Å². The van der Waals surface area contributed by atoms with Crippen LogP contribution in [0.5, 0.6) is 0 Å². The summed E-state index contributed by atoms with van der Waals surface area (Å²) in [6, 6.07) is 17.6. The molecule has 0 bridgehead atoms. The van der Waals surface area contributed by atoms with Crippen molar-refractivity contribution in [2.75, 3.05) is 4.90 Å². The molecule has 0 fully saturated rings. The van der Waals surface area contributed by atoms with Gasteiger partial charge in [-0.1, -0.05) is 36.4 Å². The van der Waals surface area contributed by atoms with Crippen LogP contribution in [-0.4, -0.2) is 21.0 Å². The molecule has 0 aliphatic heterocycles. The van der Waals surface area contributed by atoms with Crippen molar-refractivity contribution < 1.29 is 9.90 Å². The molecule has 0 amide bonds. The number of aromatic nitrogens is 2. The molecule has 1 aromatic heterocycles. The Kier molecular flexibility index (Phi) is 4.01. The van der Waals surface area contributed by atoms with Crippen LogP contribution in [0.3, 0.4) is 0 Å². The molecule has 0 atom stereocenters. The zero-order valence-electron chi connectivity index (χ0n) is 12.5. The number of benzene rings is 2. The Morgan fingerprint density at radius 2 is 1.57 bits per heavy atom. The van der Waals surface area contributed by atoms with Crippen LogP contribution in [0.1, 0.15) is 15.9 Å². The monoisotopic (exact) mass is 305 g/mol. The standard InChI is InChI=1S/C18H15N3O2/c1-13-7-5-6-10-16(13)21(15-8-3-2-4-9-15)18-19-11-14(12-20-18)17(22)23/h2-12H,1H3,(H,22,23). The number of aryl methyl sites for hydroxylation is 1. The molecule has 23 heavy (non-hydrogen) atoms. The van der Waals surface area contributed by atoms with Gasteiger partial charge in [0.25, 0.3) is 0 Å². The summed E-state index contributed by atoms with van der Waals surface area (Å²) < 4.78 is 0. The molecule has 0 radical (unpaired) electrons. The van der Waals surface area contributed by atoms with Crippen molar-refractivity contribution >= 4 is 23.3 Å². The van der Waals surface area contributed by atoms with Crippen molar-refractivity contribution in [2.24, 2.45) is 0 Å². The lowest BCUT2D eigenvalue weighted by Gasteiger charge is -2.24. The van der Waals surface area contributed by atoms with Gasteiger partial charge in [0.1, 0.15) is 0 Å². The van der Waals surface area contributed by atoms with E-state index in [-0.39, 0.29) is 5.56 Å². The van der Waals surface area contributed by atoms with Gasteiger partial charge < -0.3 is 5.11 Å². The van der Waals surface area contributed by atoms with Gasteiger partial charge in [-0.25, -0.2) is 14.8 Å². The summed E-state index contributed by atoms with van der Waals surface area (Å²) in [4.78, 5) is 21.3. The molecule has 5 heteroatoms. The van der Waals surface area contributed by atoms with Crippen LogP contribution in [0, 0.1) is 6.92 Å². The summed E-state index contributed by atoms with van der Waals surface area (Å²) in [5, 5.41) is 9.00. The Morgan fingerprint density at radius 3 is 2.17 bits per heavy atom. The highest BCUT2D eigenvalue weighted by atomic mass is 16.4. The largest absolute Gasteiger partial charge is 0.478 e. The lowest BCUT2D eigenvalue weighted by atomic mass is 10.1. The quantitative estimate of drug-likeness (QED) is 0.790. The molecular formula is C18H15N3O2. The van der Waals surface area contributed by atoms with Crippen LogP contribution >= 0.6 is 0 Å². The van der Waals surface area contributed by atoms with Crippen LogP contribution in [0.4, 0.5) is 17.3 Å². The molecule has 0 saturated carbocycles. The van der Waals surface area contributed by atoms with Gasteiger partial charge in [-0.15, -0.1) is 0 Å².